The summed E-state index contributed by atoms with van der Waals surface area (Å²) in [4.78, 5) is 21.0. The van der Waals surface area contributed by atoms with Crippen LogP contribution >= 0.6 is 15.9 Å². The van der Waals surface area contributed by atoms with Gasteiger partial charge in [0, 0.05) is 18.6 Å². The van der Waals surface area contributed by atoms with Crippen LogP contribution in [0.5, 0.6) is 5.75 Å². The standard InChI is InChI=1S/C10H9BrFNO4/c1-2-6(14)5-17-10-4-8(12)7(11)3-9(10)13(15)16/h3-4H,2,5H2,1H3. The maximum atomic E-state index is 13.2. The number of benzene rings is 1. The molecule has 1 aromatic carbocycles. The number of nitro benzene ring substituents is 1. The third-order valence-electron chi connectivity index (χ3n) is 1.98. The Labute approximate surface area is 105 Å². The minimum Gasteiger partial charge on any atom is -0.479 e. The van der Waals surface area contributed by atoms with Gasteiger partial charge in [0.05, 0.1) is 9.40 Å². The third kappa shape index (κ3) is 3.48. The van der Waals surface area contributed by atoms with E-state index in [9.17, 15) is 19.3 Å². The largest absolute Gasteiger partial charge is 0.479 e. The van der Waals surface area contributed by atoms with E-state index in [0.717, 1.165) is 12.1 Å². The number of carbonyl (C=O) groups excluding carboxylic acids is 1. The first-order valence-electron chi connectivity index (χ1n) is 4.73. The molecule has 0 atom stereocenters. The quantitative estimate of drug-likeness (QED) is 0.619. The predicted molar refractivity (Wildman–Crippen MR) is 61.5 cm³/mol. The van der Waals surface area contributed by atoms with Crippen LogP contribution in [0.4, 0.5) is 10.1 Å². The van der Waals surface area contributed by atoms with Gasteiger partial charge < -0.3 is 4.74 Å². The zero-order valence-electron chi connectivity index (χ0n) is 8.91. The number of nitro groups is 1. The van der Waals surface area contributed by atoms with E-state index in [1.165, 1.54) is 0 Å². The van der Waals surface area contributed by atoms with Crippen LogP contribution in [0, 0.1) is 15.9 Å². The van der Waals surface area contributed by atoms with E-state index >= 15 is 0 Å². The zero-order valence-corrected chi connectivity index (χ0v) is 10.5. The monoisotopic (exact) mass is 305 g/mol. The van der Waals surface area contributed by atoms with Crippen LogP contribution in [0.25, 0.3) is 0 Å². The van der Waals surface area contributed by atoms with Crippen molar-refractivity contribution in [3.63, 3.8) is 0 Å². The number of hydrogen-bond donors (Lipinski definition) is 0. The lowest BCUT2D eigenvalue weighted by Gasteiger charge is -2.06. The molecule has 0 heterocycles. The number of ether oxygens (including phenoxy) is 1. The van der Waals surface area contributed by atoms with E-state index in [1.807, 2.05) is 0 Å². The van der Waals surface area contributed by atoms with Crippen LogP contribution in [0.1, 0.15) is 13.3 Å². The molecule has 1 aromatic rings. The van der Waals surface area contributed by atoms with Gasteiger partial charge in [-0.2, -0.15) is 0 Å². The summed E-state index contributed by atoms with van der Waals surface area (Å²) in [7, 11) is 0. The van der Waals surface area contributed by atoms with Crippen LogP contribution in [0.15, 0.2) is 16.6 Å². The molecule has 0 N–H and O–H groups in total. The molecule has 0 fully saturated rings. The molecular weight excluding hydrogens is 297 g/mol. The minimum atomic E-state index is -0.698. The Hall–Kier alpha value is -1.50. The summed E-state index contributed by atoms with van der Waals surface area (Å²) < 4.78 is 18.1. The van der Waals surface area contributed by atoms with Crippen LogP contribution in [-0.4, -0.2) is 17.3 Å². The second kappa shape index (κ2) is 5.72. The molecule has 1 rings (SSSR count). The molecule has 92 valence electrons. The number of carbonyl (C=O) groups is 1. The summed E-state index contributed by atoms with van der Waals surface area (Å²) in [5, 5.41) is 10.7. The van der Waals surface area contributed by atoms with Crippen molar-refractivity contribution in [1.29, 1.82) is 0 Å². The Balaban J connectivity index is 3.00. The van der Waals surface area contributed by atoms with Gasteiger partial charge in [-0.1, -0.05) is 6.92 Å². The predicted octanol–water partition coefficient (Wildman–Crippen LogP) is 2.85. The topological polar surface area (TPSA) is 69.4 Å². The summed E-state index contributed by atoms with van der Waals surface area (Å²) in [5.41, 5.74) is -0.387. The number of nitrogens with zero attached hydrogens (tertiary/aromatic N) is 1. The SMILES string of the molecule is CCC(=O)COc1cc(F)c(Br)cc1[N+](=O)[O-]. The highest BCUT2D eigenvalue weighted by atomic mass is 79.9. The Morgan fingerprint density at radius 3 is 2.76 bits per heavy atom. The Bertz CT molecular complexity index is 464. The van der Waals surface area contributed by atoms with Crippen LogP contribution in [0.3, 0.4) is 0 Å². The normalized spacial score (nSPS) is 10.1. The third-order valence-corrected chi connectivity index (χ3v) is 2.59. The van der Waals surface area contributed by atoms with Gasteiger partial charge in [-0.3, -0.25) is 14.9 Å². The van der Waals surface area contributed by atoms with Gasteiger partial charge in [-0.25, -0.2) is 4.39 Å². The van der Waals surface area contributed by atoms with Crippen molar-refractivity contribution in [3.8, 4) is 5.75 Å². The van der Waals surface area contributed by atoms with Gasteiger partial charge in [-0.15, -0.1) is 0 Å². The van der Waals surface area contributed by atoms with Gasteiger partial charge in [0.15, 0.2) is 5.78 Å². The number of Topliss-reactive ketones (excluding diaryl/α,β-unsaturated/α-hetero) is 1. The molecule has 0 spiro atoms. The zero-order chi connectivity index (χ0) is 13.0. The van der Waals surface area contributed by atoms with E-state index in [1.54, 1.807) is 6.92 Å². The molecule has 0 aliphatic rings. The molecule has 0 radical (unpaired) electrons. The molecule has 0 aliphatic heterocycles. The molecule has 0 saturated heterocycles. The van der Waals surface area contributed by atoms with Crippen molar-refractivity contribution in [2.45, 2.75) is 13.3 Å². The molecular formula is C10H9BrFNO4. The van der Waals surface area contributed by atoms with Gasteiger partial charge in [0.25, 0.3) is 0 Å². The average molecular weight is 306 g/mol. The van der Waals surface area contributed by atoms with Gasteiger partial charge in [0.1, 0.15) is 12.4 Å². The average Bonchev–Trinajstić information content (AvgIpc) is 2.29. The van der Waals surface area contributed by atoms with E-state index in [4.69, 9.17) is 4.74 Å². The fraction of sp³-hybridized carbons (Fsp3) is 0.300. The molecule has 5 nitrogen and oxygen atoms in total. The van der Waals surface area contributed by atoms with Crippen molar-refractivity contribution in [2.24, 2.45) is 0 Å². The number of halogens is 2. The molecule has 0 saturated carbocycles. The Morgan fingerprint density at radius 2 is 2.24 bits per heavy atom. The van der Waals surface area contributed by atoms with Crippen molar-refractivity contribution in [1.82, 2.24) is 0 Å². The molecule has 0 bridgehead atoms. The molecule has 0 aliphatic carbocycles. The Morgan fingerprint density at radius 1 is 1.59 bits per heavy atom. The van der Waals surface area contributed by atoms with E-state index in [2.05, 4.69) is 15.9 Å². The van der Waals surface area contributed by atoms with Crippen molar-refractivity contribution in [3.05, 3.63) is 32.5 Å². The van der Waals surface area contributed by atoms with Gasteiger partial charge in [0.2, 0.25) is 5.75 Å². The van der Waals surface area contributed by atoms with Gasteiger partial charge >= 0.3 is 5.69 Å². The smallest absolute Gasteiger partial charge is 0.312 e. The minimum absolute atomic E-state index is 0.0293. The highest BCUT2D eigenvalue weighted by molar-refractivity contribution is 9.10. The lowest BCUT2D eigenvalue weighted by molar-refractivity contribution is -0.385. The summed E-state index contributed by atoms with van der Waals surface area (Å²) >= 11 is 2.84. The number of hydrogen-bond acceptors (Lipinski definition) is 4. The second-order valence-electron chi connectivity index (χ2n) is 3.17. The maximum absolute atomic E-state index is 13.2. The number of rotatable bonds is 5. The highest BCUT2D eigenvalue weighted by Gasteiger charge is 2.19. The van der Waals surface area contributed by atoms with Crippen molar-refractivity contribution < 1.29 is 18.8 Å². The first-order valence-corrected chi connectivity index (χ1v) is 5.53. The second-order valence-corrected chi connectivity index (χ2v) is 4.03. The van der Waals surface area contributed by atoms with E-state index < -0.39 is 10.7 Å². The summed E-state index contributed by atoms with van der Waals surface area (Å²) in [6.07, 6.45) is 0.257. The highest BCUT2D eigenvalue weighted by Crippen LogP contribution is 2.32. The summed E-state index contributed by atoms with van der Waals surface area (Å²) in [6, 6.07) is 1.88. The summed E-state index contributed by atoms with van der Waals surface area (Å²) in [5.74, 6) is -1.16. The van der Waals surface area contributed by atoms with Crippen LogP contribution in [-0.2, 0) is 4.79 Å². The molecule has 0 aromatic heterocycles. The fourth-order valence-electron chi connectivity index (χ4n) is 1.04. The number of ketones is 1. The van der Waals surface area contributed by atoms with Crippen molar-refractivity contribution >= 4 is 27.4 Å². The first-order chi connectivity index (χ1) is 7.95. The van der Waals surface area contributed by atoms with Crippen LogP contribution in [0.2, 0.25) is 0 Å². The lowest BCUT2D eigenvalue weighted by Crippen LogP contribution is -2.10. The Kier molecular flexibility index (Phi) is 4.56. The molecule has 17 heavy (non-hydrogen) atoms. The van der Waals surface area contributed by atoms with E-state index in [-0.39, 0.29) is 34.7 Å². The summed E-state index contributed by atoms with van der Waals surface area (Å²) in [6.45, 7) is 1.33. The van der Waals surface area contributed by atoms with Gasteiger partial charge in [-0.05, 0) is 15.9 Å². The molecule has 7 heteroatoms. The molecule has 0 amide bonds. The van der Waals surface area contributed by atoms with Crippen molar-refractivity contribution in [2.75, 3.05) is 6.61 Å². The fourth-order valence-corrected chi connectivity index (χ4v) is 1.37. The lowest BCUT2D eigenvalue weighted by atomic mass is 10.3. The first kappa shape index (κ1) is 13.6. The van der Waals surface area contributed by atoms with E-state index in [0.29, 0.717) is 0 Å². The van der Waals surface area contributed by atoms with Crippen LogP contribution < -0.4 is 4.74 Å². The molecule has 0 unspecified atom stereocenters. The maximum Gasteiger partial charge on any atom is 0.312 e.